The van der Waals surface area contributed by atoms with E-state index in [1.165, 1.54) is 0 Å². The van der Waals surface area contributed by atoms with Crippen LogP contribution in [0.2, 0.25) is 0 Å². The third-order valence-electron chi connectivity index (χ3n) is 3.62. The lowest BCUT2D eigenvalue weighted by atomic mass is 10.00. The molecule has 3 aromatic rings. The first-order valence-corrected chi connectivity index (χ1v) is 7.89. The number of aryl methyl sites for hydroxylation is 3. The molecule has 0 saturated heterocycles. The van der Waals surface area contributed by atoms with Crippen molar-refractivity contribution in [2.75, 3.05) is 5.32 Å². The SMILES string of the molecule is Cc1nc2c(s1)-c1nc(Nc3cccc(O)c3)ncc1CC2. The lowest BCUT2D eigenvalue weighted by molar-refractivity contribution is 0.475. The van der Waals surface area contributed by atoms with E-state index in [1.807, 2.05) is 19.2 Å². The van der Waals surface area contributed by atoms with Crippen LogP contribution in [0.5, 0.6) is 5.75 Å². The Labute approximate surface area is 131 Å². The number of nitrogens with zero attached hydrogens (tertiary/aromatic N) is 3. The van der Waals surface area contributed by atoms with Gasteiger partial charge in [-0.1, -0.05) is 6.07 Å². The zero-order valence-electron chi connectivity index (χ0n) is 12.0. The molecule has 1 aliphatic rings. The van der Waals surface area contributed by atoms with Crippen molar-refractivity contribution in [2.24, 2.45) is 0 Å². The van der Waals surface area contributed by atoms with Gasteiger partial charge in [0.1, 0.15) is 5.75 Å². The smallest absolute Gasteiger partial charge is 0.227 e. The van der Waals surface area contributed by atoms with Crippen molar-refractivity contribution < 1.29 is 5.11 Å². The number of aromatic nitrogens is 3. The van der Waals surface area contributed by atoms with Crippen molar-refractivity contribution in [2.45, 2.75) is 19.8 Å². The fourth-order valence-corrected chi connectivity index (χ4v) is 3.63. The van der Waals surface area contributed by atoms with E-state index in [0.717, 1.165) is 45.4 Å². The summed E-state index contributed by atoms with van der Waals surface area (Å²) in [5.41, 5.74) is 4.04. The van der Waals surface area contributed by atoms with Crippen LogP contribution < -0.4 is 5.32 Å². The van der Waals surface area contributed by atoms with E-state index in [0.29, 0.717) is 5.95 Å². The highest BCUT2D eigenvalue weighted by Gasteiger charge is 2.22. The number of hydrogen-bond acceptors (Lipinski definition) is 6. The second-order valence-electron chi connectivity index (χ2n) is 5.25. The maximum absolute atomic E-state index is 9.53. The lowest BCUT2D eigenvalue weighted by Gasteiger charge is -2.15. The van der Waals surface area contributed by atoms with Crippen LogP contribution in [0.4, 0.5) is 11.6 Å². The molecule has 0 bridgehead atoms. The van der Waals surface area contributed by atoms with Crippen molar-refractivity contribution in [3.63, 3.8) is 0 Å². The number of nitrogens with one attached hydrogen (secondary N) is 1. The van der Waals surface area contributed by atoms with Crippen molar-refractivity contribution in [1.29, 1.82) is 0 Å². The third-order valence-corrected chi connectivity index (χ3v) is 4.64. The lowest BCUT2D eigenvalue weighted by Crippen LogP contribution is -2.07. The minimum absolute atomic E-state index is 0.211. The van der Waals surface area contributed by atoms with E-state index >= 15 is 0 Å². The fraction of sp³-hybridized carbons (Fsp3) is 0.188. The summed E-state index contributed by atoms with van der Waals surface area (Å²) < 4.78 is 0. The van der Waals surface area contributed by atoms with Gasteiger partial charge in [-0.3, -0.25) is 0 Å². The Hall–Kier alpha value is -2.47. The summed E-state index contributed by atoms with van der Waals surface area (Å²) in [6, 6.07) is 6.92. The van der Waals surface area contributed by atoms with Crippen LogP contribution in [0, 0.1) is 6.92 Å². The normalized spacial score (nSPS) is 12.6. The Morgan fingerprint density at radius 3 is 3.00 bits per heavy atom. The Kier molecular flexibility index (Phi) is 3.04. The Bertz CT molecular complexity index is 859. The fourth-order valence-electron chi connectivity index (χ4n) is 2.64. The molecule has 0 spiro atoms. The third kappa shape index (κ3) is 2.31. The van der Waals surface area contributed by atoms with E-state index in [9.17, 15) is 5.11 Å². The zero-order valence-corrected chi connectivity index (χ0v) is 12.8. The summed E-state index contributed by atoms with van der Waals surface area (Å²) in [7, 11) is 0. The molecule has 22 heavy (non-hydrogen) atoms. The van der Waals surface area contributed by atoms with Crippen LogP contribution in [-0.2, 0) is 12.8 Å². The van der Waals surface area contributed by atoms with E-state index in [2.05, 4.69) is 20.3 Å². The van der Waals surface area contributed by atoms with Crippen LogP contribution in [-0.4, -0.2) is 20.1 Å². The number of benzene rings is 1. The number of aromatic hydroxyl groups is 1. The molecule has 1 aliphatic carbocycles. The highest BCUT2D eigenvalue weighted by atomic mass is 32.1. The minimum Gasteiger partial charge on any atom is -0.508 e. The van der Waals surface area contributed by atoms with Gasteiger partial charge in [0.05, 0.1) is 21.3 Å². The summed E-state index contributed by atoms with van der Waals surface area (Å²) in [6.07, 6.45) is 3.76. The van der Waals surface area contributed by atoms with Gasteiger partial charge in [-0.05, 0) is 37.5 Å². The Balaban J connectivity index is 1.72. The number of fused-ring (bicyclic) bond motifs is 3. The van der Waals surface area contributed by atoms with Crippen molar-refractivity contribution in [1.82, 2.24) is 15.0 Å². The molecule has 0 amide bonds. The van der Waals surface area contributed by atoms with Gasteiger partial charge in [-0.2, -0.15) is 0 Å². The number of phenols is 1. The second kappa shape index (κ2) is 5.06. The predicted molar refractivity (Wildman–Crippen MR) is 86.7 cm³/mol. The summed E-state index contributed by atoms with van der Waals surface area (Å²) in [4.78, 5) is 14.8. The van der Waals surface area contributed by atoms with Gasteiger partial charge in [0.15, 0.2) is 0 Å². The molecule has 4 rings (SSSR count). The number of anilines is 2. The topological polar surface area (TPSA) is 70.9 Å². The molecule has 0 saturated carbocycles. The molecule has 2 aromatic heterocycles. The Morgan fingerprint density at radius 1 is 1.23 bits per heavy atom. The molecule has 0 radical (unpaired) electrons. The van der Waals surface area contributed by atoms with Gasteiger partial charge >= 0.3 is 0 Å². The van der Waals surface area contributed by atoms with Gasteiger partial charge in [0, 0.05) is 18.0 Å². The molecule has 0 fully saturated rings. The quantitative estimate of drug-likeness (QED) is 0.758. The number of hydrogen-bond donors (Lipinski definition) is 2. The monoisotopic (exact) mass is 310 g/mol. The Morgan fingerprint density at radius 2 is 2.14 bits per heavy atom. The van der Waals surface area contributed by atoms with E-state index in [1.54, 1.807) is 29.5 Å². The highest BCUT2D eigenvalue weighted by molar-refractivity contribution is 7.15. The molecule has 0 unspecified atom stereocenters. The largest absolute Gasteiger partial charge is 0.508 e. The van der Waals surface area contributed by atoms with Crippen LogP contribution in [0.3, 0.4) is 0 Å². The molecule has 2 N–H and O–H groups in total. The molecule has 1 aromatic carbocycles. The van der Waals surface area contributed by atoms with Gasteiger partial charge < -0.3 is 10.4 Å². The standard InChI is InChI=1S/C16H14N4OS/c1-9-18-13-6-5-10-8-17-16(20-14(10)15(13)22-9)19-11-3-2-4-12(21)7-11/h2-4,7-8,21H,5-6H2,1H3,(H,17,19,20). The molecular formula is C16H14N4OS. The first kappa shape index (κ1) is 13.2. The molecule has 110 valence electrons. The van der Waals surface area contributed by atoms with E-state index < -0.39 is 0 Å². The maximum atomic E-state index is 9.53. The molecule has 2 heterocycles. The highest BCUT2D eigenvalue weighted by Crippen LogP contribution is 2.36. The minimum atomic E-state index is 0.211. The number of thiazole rings is 1. The summed E-state index contributed by atoms with van der Waals surface area (Å²) in [6.45, 7) is 2.02. The van der Waals surface area contributed by atoms with Gasteiger partial charge in [0.25, 0.3) is 0 Å². The van der Waals surface area contributed by atoms with Crippen LogP contribution in [0.25, 0.3) is 10.6 Å². The van der Waals surface area contributed by atoms with Crippen molar-refractivity contribution >= 4 is 23.0 Å². The first-order valence-electron chi connectivity index (χ1n) is 7.08. The zero-order chi connectivity index (χ0) is 15.1. The maximum Gasteiger partial charge on any atom is 0.227 e. The second-order valence-corrected chi connectivity index (χ2v) is 6.45. The summed E-state index contributed by atoms with van der Waals surface area (Å²) in [5, 5.41) is 13.7. The van der Waals surface area contributed by atoms with Gasteiger partial charge in [-0.15, -0.1) is 11.3 Å². The predicted octanol–water partition coefficient (Wildman–Crippen LogP) is 3.46. The number of rotatable bonds is 2. The van der Waals surface area contributed by atoms with Crippen LogP contribution in [0.15, 0.2) is 30.5 Å². The molecule has 0 atom stereocenters. The van der Waals surface area contributed by atoms with Gasteiger partial charge in [0.2, 0.25) is 5.95 Å². The molecule has 6 heteroatoms. The van der Waals surface area contributed by atoms with E-state index in [4.69, 9.17) is 0 Å². The summed E-state index contributed by atoms with van der Waals surface area (Å²) >= 11 is 1.68. The molecular weight excluding hydrogens is 296 g/mol. The van der Waals surface area contributed by atoms with Crippen LogP contribution >= 0.6 is 11.3 Å². The average Bonchev–Trinajstić information content (AvgIpc) is 2.88. The summed E-state index contributed by atoms with van der Waals surface area (Å²) in [5.74, 6) is 0.742. The van der Waals surface area contributed by atoms with Crippen molar-refractivity contribution in [3.8, 4) is 16.3 Å². The first-order chi connectivity index (χ1) is 10.7. The van der Waals surface area contributed by atoms with E-state index in [-0.39, 0.29) is 5.75 Å². The molecule has 0 aliphatic heterocycles. The van der Waals surface area contributed by atoms with Crippen LogP contribution in [0.1, 0.15) is 16.3 Å². The van der Waals surface area contributed by atoms with Crippen molar-refractivity contribution in [3.05, 3.63) is 46.7 Å². The molecule has 5 nitrogen and oxygen atoms in total. The average molecular weight is 310 g/mol. The number of phenolic OH excluding ortho intramolecular Hbond substituents is 1. The van der Waals surface area contributed by atoms with Gasteiger partial charge in [-0.25, -0.2) is 15.0 Å².